The van der Waals surface area contributed by atoms with E-state index in [1.165, 1.54) is 0 Å². The van der Waals surface area contributed by atoms with E-state index >= 15 is 0 Å². The van der Waals surface area contributed by atoms with E-state index in [0.29, 0.717) is 18.7 Å². The summed E-state index contributed by atoms with van der Waals surface area (Å²) < 4.78 is 5.01. The Morgan fingerprint density at radius 3 is 2.78 bits per heavy atom. The van der Waals surface area contributed by atoms with Crippen LogP contribution in [0.1, 0.15) is 23.4 Å². The number of nitrogens with zero attached hydrogens (tertiary/aromatic N) is 2. The Labute approximate surface area is 105 Å². The van der Waals surface area contributed by atoms with Gasteiger partial charge in [0.05, 0.1) is 18.2 Å². The normalized spacial score (nSPS) is 19.4. The molecule has 0 aromatic carbocycles. The van der Waals surface area contributed by atoms with Crippen LogP contribution < -0.4 is 5.32 Å². The molecule has 1 fully saturated rings. The van der Waals surface area contributed by atoms with Gasteiger partial charge in [-0.05, 0) is 13.8 Å². The zero-order valence-corrected chi connectivity index (χ0v) is 10.8. The van der Waals surface area contributed by atoms with Crippen molar-refractivity contribution in [2.75, 3.05) is 13.6 Å². The van der Waals surface area contributed by atoms with Gasteiger partial charge in [0, 0.05) is 25.6 Å². The molecule has 1 aromatic rings. The summed E-state index contributed by atoms with van der Waals surface area (Å²) in [6.45, 7) is 4.17. The molecular formula is C12H17N3O3. The largest absolute Gasteiger partial charge is 0.361 e. The lowest BCUT2D eigenvalue weighted by Crippen LogP contribution is -2.37. The van der Waals surface area contributed by atoms with Crippen LogP contribution in [0.25, 0.3) is 0 Å². The Morgan fingerprint density at radius 1 is 1.56 bits per heavy atom. The molecule has 1 aliphatic rings. The third-order valence-electron chi connectivity index (χ3n) is 3.22. The molecule has 0 aliphatic carbocycles. The minimum atomic E-state index is -0.0995. The number of rotatable bonds is 3. The first kappa shape index (κ1) is 12.6. The fourth-order valence-corrected chi connectivity index (χ4v) is 2.15. The number of carbonyl (C=O) groups is 2. The summed E-state index contributed by atoms with van der Waals surface area (Å²) in [6, 6.07) is -0.0875. The predicted molar refractivity (Wildman–Crippen MR) is 63.9 cm³/mol. The van der Waals surface area contributed by atoms with E-state index in [4.69, 9.17) is 4.52 Å². The van der Waals surface area contributed by atoms with Gasteiger partial charge in [0.1, 0.15) is 5.76 Å². The molecule has 6 nitrogen and oxygen atoms in total. The van der Waals surface area contributed by atoms with E-state index in [1.54, 1.807) is 18.9 Å². The van der Waals surface area contributed by atoms with Crippen molar-refractivity contribution in [2.45, 2.75) is 32.7 Å². The van der Waals surface area contributed by atoms with Crippen LogP contribution in [0.4, 0.5) is 0 Å². The highest BCUT2D eigenvalue weighted by molar-refractivity contribution is 5.83. The average molecular weight is 251 g/mol. The molecule has 0 unspecified atom stereocenters. The summed E-state index contributed by atoms with van der Waals surface area (Å²) in [5.74, 6) is 0.636. The maximum Gasteiger partial charge on any atom is 0.224 e. The summed E-state index contributed by atoms with van der Waals surface area (Å²) in [5, 5.41) is 6.67. The van der Waals surface area contributed by atoms with Gasteiger partial charge in [-0.1, -0.05) is 5.16 Å². The number of carbonyl (C=O) groups excluding carboxylic acids is 2. The van der Waals surface area contributed by atoms with E-state index in [1.807, 2.05) is 6.92 Å². The van der Waals surface area contributed by atoms with Crippen molar-refractivity contribution in [3.05, 3.63) is 17.0 Å². The molecule has 1 aliphatic heterocycles. The number of nitrogens with one attached hydrogen (secondary N) is 1. The lowest BCUT2D eigenvalue weighted by Gasteiger charge is -2.12. The Morgan fingerprint density at radius 2 is 2.28 bits per heavy atom. The van der Waals surface area contributed by atoms with Gasteiger partial charge in [0.25, 0.3) is 0 Å². The molecule has 1 N–H and O–H groups in total. The van der Waals surface area contributed by atoms with Crippen LogP contribution in [0.2, 0.25) is 0 Å². The number of hydrogen-bond acceptors (Lipinski definition) is 4. The summed E-state index contributed by atoms with van der Waals surface area (Å²) in [6.07, 6.45) is 0.624. The highest BCUT2D eigenvalue weighted by Gasteiger charge is 2.28. The van der Waals surface area contributed by atoms with Gasteiger partial charge in [-0.15, -0.1) is 0 Å². The van der Waals surface area contributed by atoms with Crippen LogP contribution in [0.5, 0.6) is 0 Å². The zero-order chi connectivity index (χ0) is 13.3. The maximum absolute atomic E-state index is 11.9. The lowest BCUT2D eigenvalue weighted by atomic mass is 10.1. The Bertz CT molecular complexity index is 461. The third kappa shape index (κ3) is 2.52. The summed E-state index contributed by atoms with van der Waals surface area (Å²) in [5.41, 5.74) is 1.56. The van der Waals surface area contributed by atoms with Gasteiger partial charge in [0.2, 0.25) is 11.8 Å². The smallest absolute Gasteiger partial charge is 0.224 e. The molecule has 2 heterocycles. The fourth-order valence-electron chi connectivity index (χ4n) is 2.15. The van der Waals surface area contributed by atoms with Gasteiger partial charge >= 0.3 is 0 Å². The van der Waals surface area contributed by atoms with Crippen molar-refractivity contribution in [3.8, 4) is 0 Å². The van der Waals surface area contributed by atoms with Crippen LogP contribution in [-0.4, -0.2) is 41.5 Å². The minimum Gasteiger partial charge on any atom is -0.361 e. The Hall–Kier alpha value is -1.85. The Kier molecular flexibility index (Phi) is 3.36. The first-order valence-electron chi connectivity index (χ1n) is 5.92. The number of likely N-dealkylation sites (tertiary alicyclic amines) is 1. The highest BCUT2D eigenvalue weighted by atomic mass is 16.5. The van der Waals surface area contributed by atoms with Crippen molar-refractivity contribution in [1.29, 1.82) is 0 Å². The SMILES string of the molecule is Cc1noc(C)c1CC(=O)N[C@@H]1CC(=O)N(C)C1. The molecule has 18 heavy (non-hydrogen) atoms. The molecule has 0 spiro atoms. The molecule has 1 saturated heterocycles. The summed E-state index contributed by atoms with van der Waals surface area (Å²) >= 11 is 0. The predicted octanol–water partition coefficient (Wildman–Crippen LogP) is 0.181. The van der Waals surface area contributed by atoms with Crippen LogP contribution >= 0.6 is 0 Å². The van der Waals surface area contributed by atoms with Crippen molar-refractivity contribution < 1.29 is 14.1 Å². The van der Waals surface area contributed by atoms with Gasteiger partial charge in [0.15, 0.2) is 0 Å². The molecule has 0 radical (unpaired) electrons. The van der Waals surface area contributed by atoms with E-state index in [9.17, 15) is 9.59 Å². The van der Waals surface area contributed by atoms with Crippen LogP contribution in [0.15, 0.2) is 4.52 Å². The first-order chi connectivity index (χ1) is 8.47. The van der Waals surface area contributed by atoms with Crippen molar-refractivity contribution in [3.63, 3.8) is 0 Å². The highest BCUT2D eigenvalue weighted by Crippen LogP contribution is 2.13. The summed E-state index contributed by atoms with van der Waals surface area (Å²) in [4.78, 5) is 24.8. The van der Waals surface area contributed by atoms with Crippen LogP contribution in [0, 0.1) is 13.8 Å². The van der Waals surface area contributed by atoms with Crippen LogP contribution in [-0.2, 0) is 16.0 Å². The lowest BCUT2D eigenvalue weighted by molar-refractivity contribution is -0.126. The standard InChI is InChI=1S/C12H17N3O3/c1-7-10(8(2)18-14-7)5-11(16)13-9-4-12(17)15(3)6-9/h9H,4-6H2,1-3H3,(H,13,16)/t9-/m1/s1. The molecule has 6 heteroatoms. The second-order valence-electron chi connectivity index (χ2n) is 4.72. The van der Waals surface area contributed by atoms with E-state index in [-0.39, 0.29) is 24.3 Å². The maximum atomic E-state index is 11.9. The molecular weight excluding hydrogens is 234 g/mol. The van der Waals surface area contributed by atoms with E-state index in [2.05, 4.69) is 10.5 Å². The van der Waals surface area contributed by atoms with E-state index < -0.39 is 0 Å². The third-order valence-corrected chi connectivity index (χ3v) is 3.22. The van der Waals surface area contributed by atoms with Gasteiger partial charge in [-0.25, -0.2) is 0 Å². The molecule has 98 valence electrons. The Balaban J connectivity index is 1.92. The fraction of sp³-hybridized carbons (Fsp3) is 0.583. The number of likely N-dealkylation sites (N-methyl/N-ethyl adjacent to an activating group) is 1. The molecule has 0 bridgehead atoms. The summed E-state index contributed by atoms with van der Waals surface area (Å²) in [7, 11) is 1.74. The van der Waals surface area contributed by atoms with Crippen LogP contribution in [0.3, 0.4) is 0 Å². The minimum absolute atomic E-state index is 0.0673. The second kappa shape index (κ2) is 4.80. The van der Waals surface area contributed by atoms with Gasteiger partial charge in [-0.2, -0.15) is 0 Å². The monoisotopic (exact) mass is 251 g/mol. The molecule has 1 aromatic heterocycles. The average Bonchev–Trinajstić information content (AvgIpc) is 2.76. The quantitative estimate of drug-likeness (QED) is 0.831. The number of amides is 2. The second-order valence-corrected chi connectivity index (χ2v) is 4.72. The molecule has 1 atom stereocenters. The topological polar surface area (TPSA) is 75.4 Å². The first-order valence-corrected chi connectivity index (χ1v) is 5.92. The number of aryl methyl sites for hydroxylation is 2. The van der Waals surface area contributed by atoms with Gasteiger partial charge in [-0.3, -0.25) is 9.59 Å². The number of hydrogen-bond donors (Lipinski definition) is 1. The van der Waals surface area contributed by atoms with Crippen molar-refractivity contribution >= 4 is 11.8 Å². The molecule has 2 rings (SSSR count). The van der Waals surface area contributed by atoms with E-state index in [0.717, 1.165) is 11.3 Å². The zero-order valence-electron chi connectivity index (χ0n) is 10.8. The molecule has 0 saturated carbocycles. The number of aromatic nitrogens is 1. The van der Waals surface area contributed by atoms with Gasteiger partial charge < -0.3 is 14.7 Å². The van der Waals surface area contributed by atoms with Crippen molar-refractivity contribution in [1.82, 2.24) is 15.4 Å². The molecule has 2 amide bonds. The van der Waals surface area contributed by atoms with Crippen molar-refractivity contribution in [2.24, 2.45) is 0 Å².